The summed E-state index contributed by atoms with van der Waals surface area (Å²) >= 11 is 0. The standard InChI is InChI=1S/C27H36F3N5O18P2/c28-27(29,30)26(33-34-26)12-3-1-11(2-4-12)23(42)48-8-6-13(36)18(38)17-14(9-31)51-24(20(17)40)52-55(46,47)53-54(44,45)49-10-15-19(39)21(41)22(50-15)35-7-5-16(37)32-25(35)43/h1-5,7,13-15,17-22,24,33-34,36,38-41H,6,8-10,31H2,(H,44,45)(H,46,47)(H,32,37,43). The van der Waals surface area contributed by atoms with Gasteiger partial charge in [0.15, 0.2) is 12.5 Å². The maximum absolute atomic E-state index is 13.3. The molecule has 2 aromatic rings. The van der Waals surface area contributed by atoms with Gasteiger partial charge in [-0.1, -0.05) is 12.1 Å². The number of hydrazine groups is 1. The summed E-state index contributed by atoms with van der Waals surface area (Å²) in [6, 6.07) is 5.17. The van der Waals surface area contributed by atoms with Crippen LogP contribution in [0.1, 0.15) is 28.6 Å². The number of nitrogens with one attached hydrogen (secondary N) is 3. The van der Waals surface area contributed by atoms with Crippen LogP contribution >= 0.6 is 15.6 Å². The van der Waals surface area contributed by atoms with Gasteiger partial charge in [-0.3, -0.25) is 23.4 Å². The molecule has 4 heterocycles. The summed E-state index contributed by atoms with van der Waals surface area (Å²) in [6.45, 7) is -2.09. The Kier molecular flexibility index (Phi) is 12.9. The number of esters is 1. The number of halogens is 3. The highest BCUT2D eigenvalue weighted by Crippen LogP contribution is 2.62. The van der Waals surface area contributed by atoms with Crippen molar-refractivity contribution >= 4 is 21.6 Å². The van der Waals surface area contributed by atoms with Crippen molar-refractivity contribution in [2.75, 3.05) is 19.8 Å². The lowest BCUT2D eigenvalue weighted by Crippen LogP contribution is -2.45. The number of aromatic amines is 1. The second-order valence-electron chi connectivity index (χ2n) is 12.4. The minimum Gasteiger partial charge on any atom is -0.462 e. The highest BCUT2D eigenvalue weighted by Gasteiger charge is 2.65. The second kappa shape index (κ2) is 16.5. The lowest BCUT2D eigenvalue weighted by atomic mass is 9.88. The smallest absolute Gasteiger partial charge is 0.462 e. The number of benzene rings is 1. The number of rotatable bonds is 16. The number of alkyl halides is 3. The fourth-order valence-corrected chi connectivity index (χ4v) is 7.97. The molecule has 55 heavy (non-hydrogen) atoms. The SMILES string of the molecule is NCC1OC(OP(=O)(O)OP(=O)(O)OCC2OC(n3ccc(=O)[nH]c3=O)C(O)C2O)C(O)C1C(O)C(O)CCOC(=O)c1ccc(C2(C(F)(F)F)NN2)cc1. The fraction of sp³-hybridized carbons (Fsp3) is 0.593. The first-order chi connectivity index (χ1) is 25.6. The summed E-state index contributed by atoms with van der Waals surface area (Å²) in [5, 5.41) is 52.7. The number of nitrogens with two attached hydrogens (primary N) is 1. The number of aliphatic hydroxyl groups excluding tert-OH is 5. The Morgan fingerprint density at radius 3 is 2.22 bits per heavy atom. The third kappa shape index (κ3) is 9.60. The number of carbonyl (C=O) groups excluding carboxylic acids is 1. The maximum atomic E-state index is 13.3. The third-order valence-corrected chi connectivity index (χ3v) is 11.3. The highest BCUT2D eigenvalue weighted by molar-refractivity contribution is 7.61. The van der Waals surface area contributed by atoms with E-state index in [2.05, 4.69) is 13.4 Å². The van der Waals surface area contributed by atoms with Gasteiger partial charge in [0, 0.05) is 31.1 Å². The van der Waals surface area contributed by atoms with Gasteiger partial charge in [-0.15, -0.1) is 0 Å². The molecule has 0 saturated carbocycles. The van der Waals surface area contributed by atoms with Crippen LogP contribution in [-0.2, 0) is 42.4 Å². The van der Waals surface area contributed by atoms with E-state index in [-0.39, 0.29) is 11.1 Å². The van der Waals surface area contributed by atoms with Crippen LogP contribution in [0.2, 0.25) is 0 Å². The molecule has 308 valence electrons. The molecule has 0 spiro atoms. The fourth-order valence-electron chi connectivity index (χ4n) is 5.81. The molecule has 12 atom stereocenters. The molecule has 3 fully saturated rings. The van der Waals surface area contributed by atoms with Gasteiger partial charge in [0.25, 0.3) is 5.56 Å². The average Bonchev–Trinajstić information content (AvgIpc) is 3.81. The number of aliphatic hydroxyl groups is 5. The van der Waals surface area contributed by atoms with E-state index in [0.29, 0.717) is 4.57 Å². The Labute approximate surface area is 305 Å². The van der Waals surface area contributed by atoms with Crippen LogP contribution in [0, 0.1) is 5.92 Å². The first-order valence-corrected chi connectivity index (χ1v) is 18.9. The Balaban J connectivity index is 1.10. The minimum atomic E-state index is -5.71. The molecule has 5 rings (SSSR count). The number of aromatic nitrogens is 2. The third-order valence-electron chi connectivity index (χ3n) is 8.74. The van der Waals surface area contributed by atoms with Gasteiger partial charge in [0.05, 0.1) is 37.1 Å². The molecule has 3 aliphatic heterocycles. The second-order valence-corrected chi connectivity index (χ2v) is 15.4. The monoisotopic (exact) mass is 837 g/mol. The zero-order chi connectivity index (χ0) is 40.7. The van der Waals surface area contributed by atoms with Crippen molar-refractivity contribution in [3.05, 3.63) is 68.5 Å². The van der Waals surface area contributed by atoms with Crippen LogP contribution in [-0.4, -0.2) is 126 Å². The Morgan fingerprint density at radius 2 is 1.64 bits per heavy atom. The minimum absolute atomic E-state index is 0.134. The molecule has 3 aliphatic rings. The van der Waals surface area contributed by atoms with Gasteiger partial charge in [-0.25, -0.2) is 29.6 Å². The van der Waals surface area contributed by atoms with Gasteiger partial charge in [0.1, 0.15) is 24.4 Å². The Morgan fingerprint density at radius 1 is 0.982 bits per heavy atom. The van der Waals surface area contributed by atoms with Crippen molar-refractivity contribution in [2.45, 2.75) is 73.5 Å². The number of nitrogens with zero attached hydrogens (tertiary/aromatic N) is 1. The van der Waals surface area contributed by atoms with Crippen molar-refractivity contribution in [3.63, 3.8) is 0 Å². The average molecular weight is 838 g/mol. The molecule has 12 unspecified atom stereocenters. The summed E-state index contributed by atoms with van der Waals surface area (Å²) < 4.78 is 94.7. The predicted octanol–water partition coefficient (Wildman–Crippen LogP) is -3.14. The molecule has 0 bridgehead atoms. The van der Waals surface area contributed by atoms with Gasteiger partial charge in [-0.2, -0.15) is 17.5 Å². The van der Waals surface area contributed by atoms with E-state index >= 15 is 0 Å². The lowest BCUT2D eigenvalue weighted by molar-refractivity contribution is -0.165. The van der Waals surface area contributed by atoms with E-state index in [1.807, 2.05) is 15.8 Å². The molecule has 3 saturated heterocycles. The van der Waals surface area contributed by atoms with Crippen molar-refractivity contribution in [1.82, 2.24) is 20.4 Å². The molecular formula is C27H36F3N5O18P2. The Bertz CT molecular complexity index is 1900. The zero-order valence-corrected chi connectivity index (χ0v) is 29.5. The molecule has 0 radical (unpaired) electrons. The lowest BCUT2D eigenvalue weighted by Gasteiger charge is -2.28. The van der Waals surface area contributed by atoms with E-state index in [1.54, 1.807) is 0 Å². The molecule has 23 nitrogen and oxygen atoms in total. The number of carbonyl (C=O) groups is 1. The summed E-state index contributed by atoms with van der Waals surface area (Å²) in [6.07, 6.45) is -20.3. The van der Waals surface area contributed by atoms with Crippen molar-refractivity contribution < 1.29 is 90.0 Å². The van der Waals surface area contributed by atoms with Crippen LogP contribution in [0.4, 0.5) is 13.2 Å². The Hall–Kier alpha value is -2.98. The quantitative estimate of drug-likeness (QED) is 0.0452. The van der Waals surface area contributed by atoms with Crippen molar-refractivity contribution in [1.29, 1.82) is 0 Å². The van der Waals surface area contributed by atoms with Crippen molar-refractivity contribution in [3.8, 4) is 0 Å². The number of phosphoric ester groups is 2. The zero-order valence-electron chi connectivity index (χ0n) is 27.7. The van der Waals surface area contributed by atoms with E-state index in [9.17, 15) is 72.0 Å². The van der Waals surface area contributed by atoms with Crippen LogP contribution in [0.15, 0.2) is 46.1 Å². The topological polar surface area (TPSA) is 373 Å². The molecule has 1 aromatic carbocycles. The number of ether oxygens (including phenoxy) is 3. The summed E-state index contributed by atoms with van der Waals surface area (Å²) in [5.41, 5.74) is 5.05. The summed E-state index contributed by atoms with van der Waals surface area (Å²) in [5.74, 6) is -2.52. The highest BCUT2D eigenvalue weighted by atomic mass is 31.3. The molecule has 0 aliphatic carbocycles. The largest absolute Gasteiger partial charge is 0.483 e. The first-order valence-electron chi connectivity index (χ1n) is 15.9. The summed E-state index contributed by atoms with van der Waals surface area (Å²) in [7, 11) is -11.3. The summed E-state index contributed by atoms with van der Waals surface area (Å²) in [4.78, 5) is 57.9. The van der Waals surface area contributed by atoms with Gasteiger partial charge in [0.2, 0.25) is 5.66 Å². The normalized spacial score (nSPS) is 31.0. The van der Waals surface area contributed by atoms with Crippen LogP contribution in [0.3, 0.4) is 0 Å². The van der Waals surface area contributed by atoms with E-state index in [0.717, 1.165) is 36.5 Å². The van der Waals surface area contributed by atoms with E-state index in [1.165, 1.54) is 0 Å². The number of phosphoric acid groups is 2. The van der Waals surface area contributed by atoms with Gasteiger partial charge in [-0.05, 0) is 17.7 Å². The number of H-pyrrole nitrogens is 1. The van der Waals surface area contributed by atoms with Gasteiger partial charge >= 0.3 is 33.5 Å². The predicted molar refractivity (Wildman–Crippen MR) is 170 cm³/mol. The number of hydrogen-bond acceptors (Lipinski definition) is 19. The molecule has 12 N–H and O–H groups in total. The molecular weight excluding hydrogens is 801 g/mol. The maximum Gasteiger partial charge on any atom is 0.483 e. The van der Waals surface area contributed by atoms with Crippen LogP contribution < -0.4 is 27.8 Å². The molecule has 0 amide bonds. The molecule has 28 heteroatoms. The number of hydrogen-bond donors (Lipinski definition) is 11. The van der Waals surface area contributed by atoms with Crippen molar-refractivity contribution in [2.24, 2.45) is 11.7 Å². The van der Waals surface area contributed by atoms with Crippen LogP contribution in [0.25, 0.3) is 0 Å². The van der Waals surface area contributed by atoms with Gasteiger partial charge < -0.3 is 55.3 Å². The first kappa shape index (κ1) is 43.1. The van der Waals surface area contributed by atoms with E-state index in [4.69, 9.17) is 19.9 Å². The van der Waals surface area contributed by atoms with Crippen LogP contribution in [0.5, 0.6) is 0 Å². The van der Waals surface area contributed by atoms with E-state index < -0.39 is 132 Å². The molecule has 1 aromatic heterocycles.